The van der Waals surface area contributed by atoms with Gasteiger partial charge in [-0.05, 0) is 48.2 Å². The van der Waals surface area contributed by atoms with E-state index in [9.17, 15) is 19.5 Å². The van der Waals surface area contributed by atoms with Crippen LogP contribution in [-0.2, 0) is 22.4 Å². The number of carbonyl (C=O) groups excluding carboxylic acids is 3. The molecule has 0 bridgehead atoms. The zero-order valence-corrected chi connectivity index (χ0v) is 16.8. The van der Waals surface area contributed by atoms with E-state index < -0.39 is 12.1 Å². The van der Waals surface area contributed by atoms with Gasteiger partial charge in [-0.2, -0.15) is 0 Å². The number of phenols is 1. The van der Waals surface area contributed by atoms with Gasteiger partial charge in [0.05, 0.1) is 13.5 Å². The van der Waals surface area contributed by atoms with E-state index in [1.807, 2.05) is 24.3 Å². The number of hydrogen-bond donors (Lipinski definition) is 3. The summed E-state index contributed by atoms with van der Waals surface area (Å²) in [5.74, 6) is 0.242. The van der Waals surface area contributed by atoms with Gasteiger partial charge in [-0.1, -0.05) is 24.3 Å². The first-order valence-corrected chi connectivity index (χ1v) is 9.75. The van der Waals surface area contributed by atoms with Crippen molar-refractivity contribution in [2.75, 3.05) is 20.2 Å². The molecule has 1 fully saturated rings. The number of nitrogens with zero attached hydrogens (tertiary/aromatic N) is 1. The van der Waals surface area contributed by atoms with Crippen LogP contribution in [0.15, 0.2) is 48.5 Å². The summed E-state index contributed by atoms with van der Waals surface area (Å²) in [6.07, 6.45) is 1.03. The Morgan fingerprint density at radius 3 is 2.37 bits per heavy atom. The monoisotopic (exact) mass is 411 g/mol. The Labute approximate surface area is 174 Å². The van der Waals surface area contributed by atoms with Crippen LogP contribution in [0.2, 0.25) is 0 Å². The number of aromatic hydroxyl groups is 1. The normalized spacial score (nSPS) is 15.8. The van der Waals surface area contributed by atoms with Crippen LogP contribution in [0, 0.1) is 0 Å². The van der Waals surface area contributed by atoms with Crippen molar-refractivity contribution in [3.05, 3.63) is 59.7 Å². The standard InChI is InChI=1S/C22H25N3O5/c1-30-18-8-4-16(5-9-18)11-13-25-21(28)19(24-22(25)29)14-20(27)23-12-10-15-2-6-17(26)7-3-15/h2-9,19,26H,10-14H2,1H3,(H,23,27)(H,24,29). The SMILES string of the molecule is COc1ccc(CCN2C(=O)NC(CC(=O)NCCc3ccc(O)cc3)C2=O)cc1. The van der Waals surface area contributed by atoms with Crippen molar-refractivity contribution in [2.24, 2.45) is 0 Å². The fourth-order valence-electron chi connectivity index (χ4n) is 3.23. The molecule has 1 aliphatic heterocycles. The van der Waals surface area contributed by atoms with E-state index in [-0.39, 0.29) is 30.5 Å². The van der Waals surface area contributed by atoms with Crippen LogP contribution in [0.1, 0.15) is 17.5 Å². The van der Waals surface area contributed by atoms with Crippen molar-refractivity contribution in [3.8, 4) is 11.5 Å². The molecule has 0 saturated carbocycles. The zero-order valence-electron chi connectivity index (χ0n) is 16.8. The van der Waals surface area contributed by atoms with Crippen LogP contribution < -0.4 is 15.4 Å². The molecule has 1 saturated heterocycles. The molecular formula is C22H25N3O5. The summed E-state index contributed by atoms with van der Waals surface area (Å²) < 4.78 is 5.11. The van der Waals surface area contributed by atoms with E-state index in [0.717, 1.165) is 21.8 Å². The molecule has 158 valence electrons. The maximum atomic E-state index is 12.5. The van der Waals surface area contributed by atoms with Crippen molar-refractivity contribution in [2.45, 2.75) is 25.3 Å². The van der Waals surface area contributed by atoms with Crippen molar-refractivity contribution in [1.29, 1.82) is 0 Å². The minimum Gasteiger partial charge on any atom is -0.508 e. The summed E-state index contributed by atoms with van der Waals surface area (Å²) in [5, 5.41) is 14.6. The molecule has 2 aromatic rings. The molecule has 0 aromatic heterocycles. The molecule has 8 heteroatoms. The minimum absolute atomic E-state index is 0.0980. The molecule has 8 nitrogen and oxygen atoms in total. The van der Waals surface area contributed by atoms with Crippen molar-refractivity contribution in [3.63, 3.8) is 0 Å². The Morgan fingerprint density at radius 1 is 1.07 bits per heavy atom. The predicted octanol–water partition coefficient (Wildman–Crippen LogP) is 1.61. The number of phenolic OH excluding ortho intramolecular Hbond substituents is 1. The van der Waals surface area contributed by atoms with Crippen LogP contribution in [-0.4, -0.2) is 54.1 Å². The van der Waals surface area contributed by atoms with Gasteiger partial charge in [-0.15, -0.1) is 0 Å². The maximum Gasteiger partial charge on any atom is 0.324 e. The number of carbonyl (C=O) groups is 3. The molecule has 1 unspecified atom stereocenters. The van der Waals surface area contributed by atoms with Gasteiger partial charge in [0.25, 0.3) is 5.91 Å². The van der Waals surface area contributed by atoms with Gasteiger partial charge in [-0.25, -0.2) is 4.79 Å². The smallest absolute Gasteiger partial charge is 0.324 e. The highest BCUT2D eigenvalue weighted by molar-refractivity contribution is 6.05. The van der Waals surface area contributed by atoms with Crippen LogP contribution in [0.3, 0.4) is 0 Å². The molecule has 3 N–H and O–H groups in total. The maximum absolute atomic E-state index is 12.5. The lowest BCUT2D eigenvalue weighted by Crippen LogP contribution is -2.37. The average Bonchev–Trinajstić information content (AvgIpc) is 3.00. The lowest BCUT2D eigenvalue weighted by molar-refractivity contribution is -0.130. The summed E-state index contributed by atoms with van der Waals surface area (Å²) in [5.41, 5.74) is 1.95. The lowest BCUT2D eigenvalue weighted by Gasteiger charge is -2.13. The molecular weight excluding hydrogens is 386 g/mol. The highest BCUT2D eigenvalue weighted by atomic mass is 16.5. The summed E-state index contributed by atoms with van der Waals surface area (Å²) in [6, 6.07) is 12.8. The summed E-state index contributed by atoms with van der Waals surface area (Å²) in [7, 11) is 1.59. The number of hydrogen-bond acceptors (Lipinski definition) is 5. The third kappa shape index (κ3) is 5.50. The van der Waals surface area contributed by atoms with E-state index in [0.29, 0.717) is 19.4 Å². The van der Waals surface area contributed by atoms with Gasteiger partial charge >= 0.3 is 6.03 Å². The molecule has 30 heavy (non-hydrogen) atoms. The minimum atomic E-state index is -0.845. The van der Waals surface area contributed by atoms with E-state index >= 15 is 0 Å². The van der Waals surface area contributed by atoms with Gasteiger partial charge in [-0.3, -0.25) is 14.5 Å². The Bertz CT molecular complexity index is 896. The Kier molecular flexibility index (Phi) is 6.90. The third-order valence-corrected chi connectivity index (χ3v) is 4.95. The first kappa shape index (κ1) is 21.2. The average molecular weight is 411 g/mol. The van der Waals surface area contributed by atoms with E-state index in [1.54, 1.807) is 31.4 Å². The Morgan fingerprint density at radius 2 is 1.70 bits per heavy atom. The second-order valence-corrected chi connectivity index (χ2v) is 7.06. The quantitative estimate of drug-likeness (QED) is 0.544. The van der Waals surface area contributed by atoms with Crippen molar-refractivity contribution in [1.82, 2.24) is 15.5 Å². The molecule has 1 heterocycles. The van der Waals surface area contributed by atoms with Crippen molar-refractivity contribution >= 4 is 17.8 Å². The second-order valence-electron chi connectivity index (χ2n) is 7.06. The Hall–Kier alpha value is -3.55. The summed E-state index contributed by atoms with van der Waals surface area (Å²) in [6.45, 7) is 0.648. The van der Waals surface area contributed by atoms with Gasteiger partial charge in [0, 0.05) is 13.1 Å². The molecule has 1 atom stereocenters. The number of imide groups is 1. The fraction of sp³-hybridized carbons (Fsp3) is 0.318. The zero-order chi connectivity index (χ0) is 21.5. The predicted molar refractivity (Wildman–Crippen MR) is 110 cm³/mol. The third-order valence-electron chi connectivity index (χ3n) is 4.95. The van der Waals surface area contributed by atoms with Crippen LogP contribution >= 0.6 is 0 Å². The Balaban J connectivity index is 1.44. The van der Waals surface area contributed by atoms with Crippen LogP contribution in [0.4, 0.5) is 4.79 Å². The number of rotatable bonds is 9. The van der Waals surface area contributed by atoms with Gasteiger partial charge in [0.2, 0.25) is 5.91 Å². The van der Waals surface area contributed by atoms with E-state index in [1.165, 1.54) is 0 Å². The van der Waals surface area contributed by atoms with Crippen LogP contribution in [0.25, 0.3) is 0 Å². The first-order valence-electron chi connectivity index (χ1n) is 9.75. The largest absolute Gasteiger partial charge is 0.508 e. The van der Waals surface area contributed by atoms with Gasteiger partial charge < -0.3 is 20.5 Å². The van der Waals surface area contributed by atoms with E-state index in [4.69, 9.17) is 4.74 Å². The number of benzene rings is 2. The van der Waals surface area contributed by atoms with Crippen molar-refractivity contribution < 1.29 is 24.2 Å². The summed E-state index contributed by atoms with van der Waals surface area (Å²) in [4.78, 5) is 38.0. The number of urea groups is 1. The topological polar surface area (TPSA) is 108 Å². The summed E-state index contributed by atoms with van der Waals surface area (Å²) >= 11 is 0. The highest BCUT2D eigenvalue weighted by Crippen LogP contribution is 2.15. The molecule has 4 amide bonds. The fourth-order valence-corrected chi connectivity index (χ4v) is 3.23. The molecule has 0 aliphatic carbocycles. The number of nitrogens with one attached hydrogen (secondary N) is 2. The molecule has 2 aromatic carbocycles. The molecule has 1 aliphatic rings. The highest BCUT2D eigenvalue weighted by Gasteiger charge is 2.38. The molecule has 3 rings (SSSR count). The first-order chi connectivity index (χ1) is 14.5. The number of ether oxygens (including phenoxy) is 1. The van der Waals surface area contributed by atoms with Gasteiger partial charge in [0.15, 0.2) is 0 Å². The van der Waals surface area contributed by atoms with E-state index in [2.05, 4.69) is 10.6 Å². The lowest BCUT2D eigenvalue weighted by atomic mass is 10.1. The van der Waals surface area contributed by atoms with Crippen LogP contribution in [0.5, 0.6) is 11.5 Å². The number of amides is 4. The van der Waals surface area contributed by atoms with Gasteiger partial charge in [0.1, 0.15) is 17.5 Å². The second kappa shape index (κ2) is 9.78. The molecule has 0 spiro atoms. The molecule has 0 radical (unpaired) electrons. The number of methoxy groups -OCH3 is 1.